The van der Waals surface area contributed by atoms with E-state index in [9.17, 15) is 18.0 Å². The summed E-state index contributed by atoms with van der Waals surface area (Å²) in [5.41, 5.74) is 2.16. The zero-order valence-electron chi connectivity index (χ0n) is 11.8. The maximum Gasteiger partial charge on any atom is 0.416 e. The molecule has 0 radical (unpaired) electrons. The second-order valence-corrected chi connectivity index (χ2v) is 6.03. The lowest BCUT2D eigenvalue weighted by Gasteiger charge is -2.24. The number of halogens is 3. The Labute approximate surface area is 130 Å². The third-order valence-electron chi connectivity index (χ3n) is 3.11. The van der Waals surface area contributed by atoms with E-state index in [1.165, 1.54) is 18.3 Å². The van der Waals surface area contributed by atoms with Crippen LogP contribution in [0.5, 0.6) is 0 Å². The van der Waals surface area contributed by atoms with Crippen molar-refractivity contribution in [1.29, 1.82) is 0 Å². The molecular formula is C14H16F3N3OS. The molecular weight excluding hydrogens is 315 g/mol. The first-order chi connectivity index (χ1) is 10.4. The molecule has 8 heteroatoms. The molecule has 1 aliphatic rings. The molecule has 1 saturated heterocycles. The van der Waals surface area contributed by atoms with Crippen molar-refractivity contribution >= 4 is 23.9 Å². The van der Waals surface area contributed by atoms with Crippen molar-refractivity contribution in [2.24, 2.45) is 5.10 Å². The lowest BCUT2D eigenvalue weighted by molar-refractivity contribution is -0.137. The van der Waals surface area contributed by atoms with Gasteiger partial charge in [0, 0.05) is 24.6 Å². The molecule has 22 heavy (non-hydrogen) atoms. The van der Waals surface area contributed by atoms with Crippen LogP contribution in [0.25, 0.3) is 0 Å². The molecule has 1 aromatic rings. The molecule has 0 spiro atoms. The van der Waals surface area contributed by atoms with Crippen LogP contribution in [-0.2, 0) is 11.0 Å². The molecule has 0 bridgehead atoms. The standard InChI is InChI=1S/C14H16F3N3OS/c15-14(16,17)12-3-1-11(2-4-12)9-18-19-13(21)10-20-5-7-22-8-6-20/h1-4,9H,5-8,10H2,(H,19,21)/b18-9+. The quantitative estimate of drug-likeness (QED) is 0.680. The Balaban J connectivity index is 1.80. The predicted octanol–water partition coefficient (Wildman–Crippen LogP) is 2.20. The van der Waals surface area contributed by atoms with Crippen molar-refractivity contribution in [3.63, 3.8) is 0 Å². The molecule has 1 heterocycles. The summed E-state index contributed by atoms with van der Waals surface area (Å²) in [6.07, 6.45) is -3.03. The Bertz CT molecular complexity index is 525. The summed E-state index contributed by atoms with van der Waals surface area (Å²) in [6.45, 7) is 2.03. The number of hydrogen-bond acceptors (Lipinski definition) is 4. The average Bonchev–Trinajstić information content (AvgIpc) is 2.48. The van der Waals surface area contributed by atoms with E-state index in [4.69, 9.17) is 0 Å². The van der Waals surface area contributed by atoms with Gasteiger partial charge in [0.25, 0.3) is 5.91 Å². The number of amides is 1. The zero-order valence-corrected chi connectivity index (χ0v) is 12.6. The predicted molar refractivity (Wildman–Crippen MR) is 80.9 cm³/mol. The summed E-state index contributed by atoms with van der Waals surface area (Å²) in [5.74, 6) is 1.81. The Morgan fingerprint density at radius 2 is 1.91 bits per heavy atom. The fourth-order valence-electron chi connectivity index (χ4n) is 1.93. The zero-order chi connectivity index (χ0) is 16.0. The summed E-state index contributed by atoms with van der Waals surface area (Å²) < 4.78 is 37.2. The van der Waals surface area contributed by atoms with Crippen LogP contribution in [-0.4, -0.2) is 48.2 Å². The van der Waals surface area contributed by atoms with Crippen LogP contribution < -0.4 is 5.43 Å². The normalized spacial score (nSPS) is 16.9. The van der Waals surface area contributed by atoms with E-state index in [1.54, 1.807) is 0 Å². The molecule has 0 saturated carbocycles. The number of benzene rings is 1. The fraction of sp³-hybridized carbons (Fsp3) is 0.429. The molecule has 1 aromatic carbocycles. The van der Waals surface area contributed by atoms with E-state index in [-0.39, 0.29) is 12.5 Å². The van der Waals surface area contributed by atoms with Crippen molar-refractivity contribution in [3.05, 3.63) is 35.4 Å². The fourth-order valence-corrected chi connectivity index (χ4v) is 2.91. The number of hydrazone groups is 1. The molecule has 1 fully saturated rings. The summed E-state index contributed by atoms with van der Waals surface area (Å²) >= 11 is 1.86. The number of nitrogens with one attached hydrogen (secondary N) is 1. The summed E-state index contributed by atoms with van der Waals surface area (Å²) in [7, 11) is 0. The van der Waals surface area contributed by atoms with Crippen molar-refractivity contribution < 1.29 is 18.0 Å². The maximum absolute atomic E-state index is 12.4. The summed E-state index contributed by atoms with van der Waals surface area (Å²) in [4.78, 5) is 13.7. The van der Waals surface area contributed by atoms with E-state index < -0.39 is 11.7 Å². The van der Waals surface area contributed by atoms with E-state index in [1.807, 2.05) is 16.7 Å². The minimum atomic E-state index is -4.35. The van der Waals surface area contributed by atoms with Crippen molar-refractivity contribution in [2.75, 3.05) is 31.1 Å². The number of hydrogen-bond donors (Lipinski definition) is 1. The summed E-state index contributed by atoms with van der Waals surface area (Å²) in [5, 5.41) is 3.76. The highest BCUT2D eigenvalue weighted by Gasteiger charge is 2.29. The number of rotatable bonds is 4. The third-order valence-corrected chi connectivity index (χ3v) is 4.05. The van der Waals surface area contributed by atoms with Crippen LogP contribution in [0.4, 0.5) is 13.2 Å². The largest absolute Gasteiger partial charge is 0.416 e. The third kappa shape index (κ3) is 5.34. The van der Waals surface area contributed by atoms with Crippen LogP contribution in [0.2, 0.25) is 0 Å². The van der Waals surface area contributed by atoms with E-state index in [0.29, 0.717) is 5.56 Å². The van der Waals surface area contributed by atoms with Gasteiger partial charge in [0.1, 0.15) is 0 Å². The molecule has 0 aliphatic carbocycles. The van der Waals surface area contributed by atoms with Gasteiger partial charge >= 0.3 is 6.18 Å². The molecule has 4 nitrogen and oxygen atoms in total. The topological polar surface area (TPSA) is 44.7 Å². The summed E-state index contributed by atoms with van der Waals surface area (Å²) in [6, 6.07) is 4.57. The van der Waals surface area contributed by atoms with Crippen LogP contribution in [0, 0.1) is 0 Å². The van der Waals surface area contributed by atoms with Gasteiger partial charge in [-0.15, -0.1) is 0 Å². The molecule has 120 valence electrons. The van der Waals surface area contributed by atoms with Crippen LogP contribution in [0.1, 0.15) is 11.1 Å². The second-order valence-electron chi connectivity index (χ2n) is 4.80. The monoisotopic (exact) mass is 331 g/mol. The van der Waals surface area contributed by atoms with Crippen molar-refractivity contribution in [3.8, 4) is 0 Å². The molecule has 2 rings (SSSR count). The van der Waals surface area contributed by atoms with Crippen LogP contribution >= 0.6 is 11.8 Å². The first kappa shape index (κ1) is 16.8. The van der Waals surface area contributed by atoms with E-state index in [2.05, 4.69) is 10.5 Å². The highest BCUT2D eigenvalue weighted by atomic mass is 32.2. The highest BCUT2D eigenvalue weighted by molar-refractivity contribution is 7.99. The van der Waals surface area contributed by atoms with Gasteiger partial charge in [-0.05, 0) is 17.7 Å². The second kappa shape index (κ2) is 7.64. The SMILES string of the molecule is O=C(CN1CCSCC1)N/N=C/c1ccc(C(F)(F)F)cc1. The van der Waals surface area contributed by atoms with Crippen molar-refractivity contribution in [1.82, 2.24) is 10.3 Å². The van der Waals surface area contributed by atoms with Gasteiger partial charge in [-0.2, -0.15) is 30.0 Å². The smallest absolute Gasteiger partial charge is 0.293 e. The Hall–Kier alpha value is -1.54. The molecule has 1 amide bonds. The van der Waals surface area contributed by atoms with Gasteiger partial charge in [-0.25, -0.2) is 5.43 Å². The Kier molecular flexibility index (Phi) is 5.84. The lowest BCUT2D eigenvalue weighted by Crippen LogP contribution is -2.40. The van der Waals surface area contributed by atoms with Crippen LogP contribution in [0.15, 0.2) is 29.4 Å². The number of carbonyl (C=O) groups excluding carboxylic acids is 1. The Morgan fingerprint density at radius 3 is 2.50 bits per heavy atom. The molecule has 0 aromatic heterocycles. The van der Waals surface area contributed by atoms with Crippen LogP contribution in [0.3, 0.4) is 0 Å². The first-order valence-electron chi connectivity index (χ1n) is 6.74. The van der Waals surface area contributed by atoms with Gasteiger partial charge in [0.2, 0.25) is 0 Å². The van der Waals surface area contributed by atoms with Gasteiger partial charge in [0.05, 0.1) is 18.3 Å². The molecule has 1 N–H and O–H groups in total. The maximum atomic E-state index is 12.4. The van der Waals surface area contributed by atoms with Gasteiger partial charge in [-0.3, -0.25) is 9.69 Å². The lowest BCUT2D eigenvalue weighted by atomic mass is 10.1. The van der Waals surface area contributed by atoms with Gasteiger partial charge < -0.3 is 0 Å². The number of nitrogens with zero attached hydrogens (tertiary/aromatic N) is 2. The molecule has 0 unspecified atom stereocenters. The number of alkyl halides is 3. The van der Waals surface area contributed by atoms with Crippen molar-refractivity contribution in [2.45, 2.75) is 6.18 Å². The van der Waals surface area contributed by atoms with E-state index in [0.717, 1.165) is 36.7 Å². The Morgan fingerprint density at radius 1 is 1.27 bits per heavy atom. The molecule has 1 aliphatic heterocycles. The first-order valence-corrected chi connectivity index (χ1v) is 7.90. The highest BCUT2D eigenvalue weighted by Crippen LogP contribution is 2.28. The number of thioether (sulfide) groups is 1. The van der Waals surface area contributed by atoms with E-state index >= 15 is 0 Å². The average molecular weight is 331 g/mol. The van der Waals surface area contributed by atoms with Gasteiger partial charge in [-0.1, -0.05) is 12.1 Å². The molecule has 0 atom stereocenters. The minimum absolute atomic E-state index is 0.227. The minimum Gasteiger partial charge on any atom is -0.293 e. The number of carbonyl (C=O) groups is 1. The van der Waals surface area contributed by atoms with Gasteiger partial charge in [0.15, 0.2) is 0 Å².